The smallest absolute Gasteiger partial charge is 0.244 e. The van der Waals surface area contributed by atoms with Gasteiger partial charge in [0.1, 0.15) is 5.75 Å². The predicted octanol–water partition coefficient (Wildman–Crippen LogP) is 4.48. The molecule has 0 heterocycles. The summed E-state index contributed by atoms with van der Waals surface area (Å²) < 4.78 is 16.2. The fourth-order valence-electron chi connectivity index (χ4n) is 2.44. The van der Waals surface area contributed by atoms with Gasteiger partial charge in [-0.25, -0.2) is 0 Å². The van der Waals surface area contributed by atoms with Gasteiger partial charge in [0.2, 0.25) is 5.91 Å². The van der Waals surface area contributed by atoms with E-state index in [-0.39, 0.29) is 5.91 Å². The molecule has 0 spiro atoms. The molecule has 1 amide bonds. The van der Waals surface area contributed by atoms with E-state index < -0.39 is 0 Å². The van der Waals surface area contributed by atoms with Crippen LogP contribution in [0.25, 0.3) is 6.08 Å². The Labute approximate surface area is 164 Å². The maximum Gasteiger partial charge on any atom is 0.244 e. The van der Waals surface area contributed by atoms with Gasteiger partial charge in [-0.3, -0.25) is 4.79 Å². The number of carbonyl (C=O) groups is 1. The largest absolute Gasteiger partial charge is 0.496 e. The number of nitrogens with one attached hydrogen (secondary N) is 1. The first-order valence-electron chi connectivity index (χ1n) is 8.67. The van der Waals surface area contributed by atoms with E-state index in [1.54, 1.807) is 32.4 Å². The molecule has 2 rings (SSSR count). The maximum absolute atomic E-state index is 12.1. The third-order valence-corrected chi connectivity index (χ3v) is 4.06. The first kappa shape index (κ1) is 20.6. The van der Waals surface area contributed by atoms with Gasteiger partial charge in [-0.2, -0.15) is 0 Å². The summed E-state index contributed by atoms with van der Waals surface area (Å²) in [5.74, 6) is 1.56. The predicted molar refractivity (Wildman–Crippen MR) is 108 cm³/mol. The van der Waals surface area contributed by atoms with Gasteiger partial charge in [0.25, 0.3) is 0 Å². The van der Waals surface area contributed by atoms with Gasteiger partial charge in [-0.05, 0) is 36.3 Å². The average molecular weight is 390 g/mol. The van der Waals surface area contributed by atoms with Crippen LogP contribution < -0.4 is 19.5 Å². The number of halogens is 1. The summed E-state index contributed by atoms with van der Waals surface area (Å²) >= 11 is 6.29. The van der Waals surface area contributed by atoms with Crippen LogP contribution in [0.3, 0.4) is 0 Å². The van der Waals surface area contributed by atoms with Crippen molar-refractivity contribution in [2.45, 2.75) is 19.9 Å². The lowest BCUT2D eigenvalue weighted by molar-refractivity contribution is -0.116. The highest BCUT2D eigenvalue weighted by Gasteiger charge is 2.11. The molecule has 0 atom stereocenters. The van der Waals surface area contributed by atoms with Crippen molar-refractivity contribution in [3.63, 3.8) is 0 Å². The molecule has 0 radical (unpaired) electrons. The fourth-order valence-corrected chi connectivity index (χ4v) is 2.72. The molecular weight excluding hydrogens is 366 g/mol. The van der Waals surface area contributed by atoms with Crippen LogP contribution in [0.4, 0.5) is 0 Å². The van der Waals surface area contributed by atoms with Gasteiger partial charge in [0.15, 0.2) is 11.5 Å². The van der Waals surface area contributed by atoms with Crippen LogP contribution in [0.1, 0.15) is 24.5 Å². The van der Waals surface area contributed by atoms with Gasteiger partial charge in [0, 0.05) is 18.2 Å². The van der Waals surface area contributed by atoms with E-state index in [9.17, 15) is 4.79 Å². The number of amides is 1. The van der Waals surface area contributed by atoms with Crippen molar-refractivity contribution in [3.8, 4) is 17.2 Å². The molecule has 0 fully saturated rings. The van der Waals surface area contributed by atoms with E-state index in [4.69, 9.17) is 25.8 Å². The highest BCUT2D eigenvalue weighted by molar-refractivity contribution is 6.32. The molecule has 0 bridgehead atoms. The van der Waals surface area contributed by atoms with Crippen LogP contribution in [-0.2, 0) is 11.3 Å². The molecule has 0 saturated heterocycles. The van der Waals surface area contributed by atoms with E-state index >= 15 is 0 Å². The van der Waals surface area contributed by atoms with Gasteiger partial charge in [-0.15, -0.1) is 0 Å². The number of carbonyl (C=O) groups excluding carboxylic acids is 1. The van der Waals surface area contributed by atoms with Crippen LogP contribution in [0.5, 0.6) is 17.2 Å². The lowest BCUT2D eigenvalue weighted by atomic mass is 10.1. The quantitative estimate of drug-likeness (QED) is 0.642. The Morgan fingerprint density at radius 2 is 1.89 bits per heavy atom. The van der Waals surface area contributed by atoms with Gasteiger partial charge in [0.05, 0.1) is 25.8 Å². The van der Waals surface area contributed by atoms with Crippen molar-refractivity contribution >= 4 is 23.6 Å². The second-order valence-corrected chi connectivity index (χ2v) is 6.15. The molecule has 2 aromatic rings. The van der Waals surface area contributed by atoms with Crippen LogP contribution in [0.2, 0.25) is 5.02 Å². The highest BCUT2D eigenvalue weighted by Crippen LogP contribution is 2.36. The van der Waals surface area contributed by atoms with Crippen molar-refractivity contribution < 1.29 is 19.0 Å². The zero-order valence-corrected chi connectivity index (χ0v) is 16.5. The van der Waals surface area contributed by atoms with Crippen molar-refractivity contribution in [1.82, 2.24) is 5.32 Å². The molecule has 1 N–H and O–H groups in total. The molecule has 2 aromatic carbocycles. The van der Waals surface area contributed by atoms with E-state index in [0.717, 1.165) is 23.3 Å². The summed E-state index contributed by atoms with van der Waals surface area (Å²) in [5, 5.41) is 3.27. The standard InChI is InChI=1S/C21H24ClNO4/c1-4-11-27-21-17(22)12-15(13-19(21)26-3)9-10-20(24)23-14-16-7-5-6-8-18(16)25-2/h5-10,12-13H,4,11,14H2,1-3H3,(H,23,24)/b10-9+. The van der Waals surface area contributed by atoms with Crippen LogP contribution >= 0.6 is 11.6 Å². The number of methoxy groups -OCH3 is 2. The number of ether oxygens (including phenoxy) is 3. The maximum atomic E-state index is 12.1. The summed E-state index contributed by atoms with van der Waals surface area (Å²) in [4.78, 5) is 12.1. The topological polar surface area (TPSA) is 56.8 Å². The van der Waals surface area contributed by atoms with Crippen LogP contribution in [0, 0.1) is 0 Å². The first-order chi connectivity index (χ1) is 13.1. The van der Waals surface area contributed by atoms with E-state index in [0.29, 0.717) is 29.7 Å². The van der Waals surface area contributed by atoms with E-state index in [1.807, 2.05) is 31.2 Å². The molecule has 27 heavy (non-hydrogen) atoms. The molecular formula is C21H24ClNO4. The van der Waals surface area contributed by atoms with Crippen molar-refractivity contribution in [2.24, 2.45) is 0 Å². The SMILES string of the molecule is CCCOc1c(Cl)cc(/C=C/C(=O)NCc2ccccc2OC)cc1OC. The number of para-hydroxylation sites is 1. The Hall–Kier alpha value is -2.66. The van der Waals surface area contributed by atoms with Crippen LogP contribution in [0.15, 0.2) is 42.5 Å². The molecule has 144 valence electrons. The Morgan fingerprint density at radius 1 is 1.15 bits per heavy atom. The first-order valence-corrected chi connectivity index (χ1v) is 9.05. The molecule has 0 aliphatic heterocycles. The van der Waals surface area contributed by atoms with Crippen molar-refractivity contribution in [3.05, 3.63) is 58.6 Å². The molecule has 0 saturated carbocycles. The van der Waals surface area contributed by atoms with Crippen molar-refractivity contribution in [2.75, 3.05) is 20.8 Å². The second kappa shape index (κ2) is 10.5. The molecule has 0 unspecified atom stereocenters. The Balaban J connectivity index is 2.04. The number of hydrogen-bond donors (Lipinski definition) is 1. The minimum absolute atomic E-state index is 0.220. The summed E-state index contributed by atoms with van der Waals surface area (Å²) in [6.07, 6.45) is 4.00. The summed E-state index contributed by atoms with van der Waals surface area (Å²) in [6.45, 7) is 2.94. The molecule has 0 aliphatic carbocycles. The Morgan fingerprint density at radius 3 is 2.59 bits per heavy atom. The zero-order valence-electron chi connectivity index (χ0n) is 15.8. The van der Waals surface area contributed by atoms with Gasteiger partial charge in [-0.1, -0.05) is 36.7 Å². The van der Waals surface area contributed by atoms with E-state index in [1.165, 1.54) is 6.08 Å². The number of rotatable bonds is 9. The summed E-state index contributed by atoms with van der Waals surface area (Å²) in [6, 6.07) is 11.1. The third kappa shape index (κ3) is 5.93. The molecule has 6 heteroatoms. The molecule has 0 aliphatic rings. The normalized spacial score (nSPS) is 10.7. The number of benzene rings is 2. The van der Waals surface area contributed by atoms with Gasteiger partial charge >= 0.3 is 0 Å². The lowest BCUT2D eigenvalue weighted by Gasteiger charge is -2.12. The monoisotopic (exact) mass is 389 g/mol. The Bertz CT molecular complexity index is 805. The average Bonchev–Trinajstić information content (AvgIpc) is 2.69. The number of hydrogen-bond acceptors (Lipinski definition) is 4. The summed E-state index contributed by atoms with van der Waals surface area (Å²) in [7, 11) is 3.16. The fraction of sp³-hybridized carbons (Fsp3) is 0.286. The highest BCUT2D eigenvalue weighted by atomic mass is 35.5. The second-order valence-electron chi connectivity index (χ2n) is 5.75. The van der Waals surface area contributed by atoms with E-state index in [2.05, 4.69) is 5.32 Å². The Kier molecular flexibility index (Phi) is 8.01. The van der Waals surface area contributed by atoms with Crippen LogP contribution in [-0.4, -0.2) is 26.7 Å². The minimum Gasteiger partial charge on any atom is -0.496 e. The summed E-state index contributed by atoms with van der Waals surface area (Å²) in [5.41, 5.74) is 1.65. The molecule has 5 nitrogen and oxygen atoms in total. The van der Waals surface area contributed by atoms with Gasteiger partial charge < -0.3 is 19.5 Å². The third-order valence-electron chi connectivity index (χ3n) is 3.78. The minimum atomic E-state index is -0.220. The van der Waals surface area contributed by atoms with Crippen molar-refractivity contribution in [1.29, 1.82) is 0 Å². The zero-order chi connectivity index (χ0) is 19.6. The molecule has 0 aromatic heterocycles. The lowest BCUT2D eigenvalue weighted by Crippen LogP contribution is -2.20.